The van der Waals surface area contributed by atoms with Gasteiger partial charge in [-0.15, -0.1) is 0 Å². The van der Waals surface area contributed by atoms with Crippen LogP contribution in [0.3, 0.4) is 0 Å². The maximum atomic E-state index is 11.2. The average molecular weight is 180 g/mol. The van der Waals surface area contributed by atoms with Crippen LogP contribution in [0, 0.1) is 0 Å². The highest BCUT2D eigenvalue weighted by Gasteiger charge is 2.25. The number of rotatable bonds is 1. The van der Waals surface area contributed by atoms with E-state index in [0.29, 0.717) is 19.3 Å². The van der Waals surface area contributed by atoms with Crippen LogP contribution in [0.2, 0.25) is 0 Å². The van der Waals surface area contributed by atoms with E-state index in [9.17, 15) is 14.7 Å². The summed E-state index contributed by atoms with van der Waals surface area (Å²) in [4.78, 5) is 22.5. The third-order valence-corrected chi connectivity index (χ3v) is 1.95. The molecule has 13 heavy (non-hydrogen) atoms. The average Bonchev–Trinajstić information content (AvgIpc) is 2.04. The number of aliphatic hydroxyl groups excluding tert-OH is 1. The van der Waals surface area contributed by atoms with Crippen molar-refractivity contribution < 1.29 is 14.7 Å². The number of carbonyl (C=O) groups is 2. The van der Waals surface area contributed by atoms with Gasteiger partial charge in [0.15, 0.2) is 11.6 Å². The van der Waals surface area contributed by atoms with Gasteiger partial charge in [0.05, 0.1) is 0 Å². The second-order valence-electron chi connectivity index (χ2n) is 2.96. The molecule has 70 valence electrons. The second kappa shape index (κ2) is 4.03. The number of ketones is 2. The van der Waals surface area contributed by atoms with E-state index in [2.05, 4.69) is 0 Å². The molecule has 3 heteroatoms. The normalized spacial score (nSPS) is 18.4. The van der Waals surface area contributed by atoms with Crippen molar-refractivity contribution in [2.24, 2.45) is 0 Å². The fourth-order valence-electron chi connectivity index (χ4n) is 1.34. The predicted molar refractivity (Wildman–Crippen MR) is 48.3 cm³/mol. The zero-order valence-corrected chi connectivity index (χ0v) is 7.54. The molecule has 0 heterocycles. The van der Waals surface area contributed by atoms with Crippen LogP contribution in [0.25, 0.3) is 0 Å². The van der Waals surface area contributed by atoms with Gasteiger partial charge < -0.3 is 5.11 Å². The minimum Gasteiger partial charge on any atom is -0.507 e. The van der Waals surface area contributed by atoms with Crippen molar-refractivity contribution >= 4 is 11.6 Å². The third-order valence-electron chi connectivity index (χ3n) is 1.95. The van der Waals surface area contributed by atoms with Crippen LogP contribution in [0.1, 0.15) is 26.2 Å². The van der Waals surface area contributed by atoms with Gasteiger partial charge in [0.25, 0.3) is 0 Å². The Morgan fingerprint density at radius 3 is 2.31 bits per heavy atom. The lowest BCUT2D eigenvalue weighted by Crippen LogP contribution is -2.20. The Morgan fingerprint density at radius 1 is 1.31 bits per heavy atom. The SMILES string of the molecule is C/C=C/C(O)=C1C(=O)CCCC1=O. The second-order valence-corrected chi connectivity index (χ2v) is 2.96. The Balaban J connectivity index is 3.04. The Labute approximate surface area is 76.8 Å². The lowest BCUT2D eigenvalue weighted by atomic mass is 9.91. The molecule has 0 amide bonds. The summed E-state index contributed by atoms with van der Waals surface area (Å²) in [6.07, 6.45) is 4.30. The fourth-order valence-corrected chi connectivity index (χ4v) is 1.34. The van der Waals surface area contributed by atoms with Gasteiger partial charge in [-0.2, -0.15) is 0 Å². The molecule has 0 atom stereocenters. The van der Waals surface area contributed by atoms with Gasteiger partial charge in [-0.25, -0.2) is 0 Å². The van der Waals surface area contributed by atoms with Crippen LogP contribution in [0.4, 0.5) is 0 Å². The first kappa shape index (κ1) is 9.71. The van der Waals surface area contributed by atoms with Crippen LogP contribution in [-0.4, -0.2) is 16.7 Å². The molecule has 1 rings (SSSR count). The largest absolute Gasteiger partial charge is 0.507 e. The van der Waals surface area contributed by atoms with Gasteiger partial charge in [-0.3, -0.25) is 9.59 Å². The fraction of sp³-hybridized carbons (Fsp3) is 0.400. The van der Waals surface area contributed by atoms with Crippen LogP contribution >= 0.6 is 0 Å². The van der Waals surface area contributed by atoms with Gasteiger partial charge in [0.1, 0.15) is 11.3 Å². The minimum absolute atomic E-state index is 0.0237. The van der Waals surface area contributed by atoms with Crippen molar-refractivity contribution in [2.75, 3.05) is 0 Å². The van der Waals surface area contributed by atoms with Crippen molar-refractivity contribution in [3.63, 3.8) is 0 Å². The first-order chi connectivity index (χ1) is 6.16. The van der Waals surface area contributed by atoms with Gasteiger partial charge in [0.2, 0.25) is 0 Å². The molecule has 0 aromatic carbocycles. The number of Topliss-reactive ketones (excluding diaryl/α,β-unsaturated/α-hetero) is 2. The summed E-state index contributed by atoms with van der Waals surface area (Å²) in [7, 11) is 0. The number of carbonyl (C=O) groups excluding carboxylic acids is 2. The van der Waals surface area contributed by atoms with Gasteiger partial charge in [-0.1, -0.05) is 6.08 Å². The zero-order chi connectivity index (χ0) is 9.84. The van der Waals surface area contributed by atoms with E-state index in [-0.39, 0.29) is 22.9 Å². The van der Waals surface area contributed by atoms with E-state index < -0.39 is 0 Å². The first-order valence-electron chi connectivity index (χ1n) is 4.29. The molecule has 0 bridgehead atoms. The third kappa shape index (κ3) is 2.05. The molecule has 1 saturated carbocycles. The highest BCUT2D eigenvalue weighted by molar-refractivity contribution is 6.22. The van der Waals surface area contributed by atoms with E-state index in [1.165, 1.54) is 6.08 Å². The van der Waals surface area contributed by atoms with Gasteiger partial charge in [-0.05, 0) is 19.4 Å². The summed E-state index contributed by atoms with van der Waals surface area (Å²) >= 11 is 0. The lowest BCUT2D eigenvalue weighted by Gasteiger charge is -2.11. The van der Waals surface area contributed by atoms with E-state index in [1.54, 1.807) is 13.0 Å². The van der Waals surface area contributed by atoms with Gasteiger partial charge >= 0.3 is 0 Å². The molecular weight excluding hydrogens is 168 g/mol. The van der Waals surface area contributed by atoms with Crippen LogP contribution in [-0.2, 0) is 9.59 Å². The monoisotopic (exact) mass is 180 g/mol. The summed E-state index contributed by atoms with van der Waals surface area (Å²) in [6, 6.07) is 0. The Morgan fingerprint density at radius 2 is 1.85 bits per heavy atom. The molecule has 1 aliphatic rings. The zero-order valence-electron chi connectivity index (χ0n) is 7.54. The summed E-state index contributed by atoms with van der Waals surface area (Å²) in [5.41, 5.74) is -0.0237. The lowest BCUT2D eigenvalue weighted by molar-refractivity contribution is -0.124. The quantitative estimate of drug-likeness (QED) is 0.379. The van der Waals surface area contributed by atoms with Crippen molar-refractivity contribution in [3.05, 3.63) is 23.5 Å². The number of hydrogen-bond donors (Lipinski definition) is 1. The molecule has 1 aliphatic carbocycles. The molecule has 3 nitrogen and oxygen atoms in total. The smallest absolute Gasteiger partial charge is 0.170 e. The molecule has 0 spiro atoms. The van der Waals surface area contributed by atoms with E-state index >= 15 is 0 Å². The van der Waals surface area contributed by atoms with Crippen molar-refractivity contribution in [3.8, 4) is 0 Å². The van der Waals surface area contributed by atoms with Crippen molar-refractivity contribution in [2.45, 2.75) is 26.2 Å². The van der Waals surface area contributed by atoms with Crippen LogP contribution in [0.15, 0.2) is 23.5 Å². The highest BCUT2D eigenvalue weighted by atomic mass is 16.3. The molecule has 0 radical (unpaired) electrons. The van der Waals surface area contributed by atoms with Crippen LogP contribution < -0.4 is 0 Å². The van der Waals surface area contributed by atoms with E-state index in [1.807, 2.05) is 0 Å². The molecule has 0 saturated heterocycles. The van der Waals surface area contributed by atoms with E-state index in [4.69, 9.17) is 0 Å². The molecular formula is C10H12O3. The number of hydrogen-bond acceptors (Lipinski definition) is 3. The molecule has 0 aromatic heterocycles. The first-order valence-corrected chi connectivity index (χ1v) is 4.29. The molecule has 1 N–H and O–H groups in total. The Hall–Kier alpha value is -1.38. The summed E-state index contributed by atoms with van der Waals surface area (Å²) < 4.78 is 0. The topological polar surface area (TPSA) is 54.4 Å². The molecule has 0 unspecified atom stereocenters. The predicted octanol–water partition coefficient (Wildman–Crippen LogP) is 1.70. The van der Waals surface area contributed by atoms with Crippen LogP contribution in [0.5, 0.6) is 0 Å². The number of aliphatic hydroxyl groups is 1. The summed E-state index contributed by atoms with van der Waals surface area (Å²) in [5.74, 6) is -0.684. The Bertz CT molecular complexity index is 279. The minimum atomic E-state index is -0.244. The molecule has 0 aliphatic heterocycles. The standard InChI is InChI=1S/C10H12O3/c1-2-4-7(11)10-8(12)5-3-6-9(10)13/h2,4,11H,3,5-6H2,1H3/b4-2+. The van der Waals surface area contributed by atoms with Crippen molar-refractivity contribution in [1.29, 1.82) is 0 Å². The summed E-state index contributed by atoms with van der Waals surface area (Å²) in [5, 5.41) is 9.37. The number of allylic oxidation sites excluding steroid dienone is 3. The Kier molecular flexibility index (Phi) is 3.01. The highest BCUT2D eigenvalue weighted by Crippen LogP contribution is 2.19. The molecule has 0 aromatic rings. The van der Waals surface area contributed by atoms with Crippen molar-refractivity contribution in [1.82, 2.24) is 0 Å². The van der Waals surface area contributed by atoms with Gasteiger partial charge in [0, 0.05) is 12.8 Å². The maximum Gasteiger partial charge on any atom is 0.170 e. The van der Waals surface area contributed by atoms with E-state index in [0.717, 1.165) is 0 Å². The molecule has 1 fully saturated rings. The summed E-state index contributed by atoms with van der Waals surface area (Å²) in [6.45, 7) is 1.72. The maximum absolute atomic E-state index is 11.2.